The van der Waals surface area contributed by atoms with Gasteiger partial charge in [0.15, 0.2) is 24.1 Å². The zero-order valence-electron chi connectivity index (χ0n) is 14.9. The molecule has 146 valence electrons. The summed E-state index contributed by atoms with van der Waals surface area (Å²) >= 11 is 0. The third kappa shape index (κ3) is 5.20. The monoisotopic (exact) mass is 381 g/mol. The first-order valence-electron chi connectivity index (χ1n) is 7.95. The molecule has 4 atom stereocenters. The second-order valence-electron chi connectivity index (χ2n) is 5.71. The number of hydrogen-bond acceptors (Lipinski definition) is 10. The number of ether oxygens (including phenoxy) is 4. The van der Waals surface area contributed by atoms with E-state index < -0.39 is 48.2 Å². The van der Waals surface area contributed by atoms with Gasteiger partial charge < -0.3 is 24.7 Å². The van der Waals surface area contributed by atoms with Gasteiger partial charge in [-0.1, -0.05) is 0 Å². The highest BCUT2D eigenvalue weighted by Gasteiger charge is 2.51. The number of amides is 1. The van der Waals surface area contributed by atoms with E-state index in [4.69, 9.17) is 24.7 Å². The SMILES string of the molecule is CC(=O)OC[C@H]1O[C@@H](c2nccc(C(N)=O)n2)[C@H](OC(C)=O)[C@@H]1OC(C)=O. The van der Waals surface area contributed by atoms with E-state index >= 15 is 0 Å². The van der Waals surface area contributed by atoms with Gasteiger partial charge in [-0.3, -0.25) is 19.2 Å². The summed E-state index contributed by atoms with van der Waals surface area (Å²) < 4.78 is 21.1. The molecule has 2 N–H and O–H groups in total. The Kier molecular flexibility index (Phi) is 6.40. The molecule has 0 unspecified atom stereocenters. The van der Waals surface area contributed by atoms with Gasteiger partial charge in [-0.2, -0.15) is 0 Å². The molecule has 1 aromatic rings. The lowest BCUT2D eigenvalue weighted by Gasteiger charge is -2.23. The lowest BCUT2D eigenvalue weighted by atomic mass is 10.1. The molecular weight excluding hydrogens is 362 g/mol. The molecule has 1 fully saturated rings. The number of nitrogens with zero attached hydrogens (tertiary/aromatic N) is 2. The van der Waals surface area contributed by atoms with Gasteiger partial charge in [0, 0.05) is 27.0 Å². The molecule has 1 amide bonds. The first-order valence-corrected chi connectivity index (χ1v) is 7.95. The van der Waals surface area contributed by atoms with Crippen LogP contribution >= 0.6 is 0 Å². The average Bonchev–Trinajstić information content (AvgIpc) is 2.89. The molecule has 27 heavy (non-hydrogen) atoms. The minimum absolute atomic E-state index is 0.0000250. The van der Waals surface area contributed by atoms with Crippen LogP contribution in [0.4, 0.5) is 0 Å². The molecule has 11 nitrogen and oxygen atoms in total. The van der Waals surface area contributed by atoms with Crippen LogP contribution in [-0.2, 0) is 33.3 Å². The second kappa shape index (κ2) is 8.54. The molecular formula is C16H19N3O8. The fourth-order valence-corrected chi connectivity index (χ4v) is 2.57. The summed E-state index contributed by atoms with van der Waals surface area (Å²) in [5.41, 5.74) is 5.14. The minimum atomic E-state index is -1.12. The number of primary amides is 1. The predicted molar refractivity (Wildman–Crippen MR) is 85.9 cm³/mol. The lowest BCUT2D eigenvalue weighted by molar-refractivity contribution is -0.165. The number of rotatable bonds is 6. The summed E-state index contributed by atoms with van der Waals surface area (Å²) in [5, 5.41) is 0. The van der Waals surface area contributed by atoms with E-state index in [9.17, 15) is 19.2 Å². The van der Waals surface area contributed by atoms with Crippen LogP contribution in [0.5, 0.6) is 0 Å². The molecule has 0 spiro atoms. The molecule has 11 heteroatoms. The quantitative estimate of drug-likeness (QED) is 0.500. The third-order valence-electron chi connectivity index (χ3n) is 3.55. The van der Waals surface area contributed by atoms with E-state index in [1.165, 1.54) is 33.0 Å². The van der Waals surface area contributed by atoms with Crippen molar-refractivity contribution in [2.45, 2.75) is 45.2 Å². The van der Waals surface area contributed by atoms with E-state index in [0.717, 1.165) is 0 Å². The second-order valence-corrected chi connectivity index (χ2v) is 5.71. The van der Waals surface area contributed by atoms with Gasteiger partial charge >= 0.3 is 17.9 Å². The van der Waals surface area contributed by atoms with E-state index in [1.54, 1.807) is 0 Å². The molecule has 1 aliphatic rings. The highest BCUT2D eigenvalue weighted by molar-refractivity contribution is 5.90. The molecule has 0 radical (unpaired) electrons. The number of esters is 3. The highest BCUT2D eigenvalue weighted by Crippen LogP contribution is 2.36. The van der Waals surface area contributed by atoms with Gasteiger partial charge in [0.05, 0.1) is 0 Å². The van der Waals surface area contributed by atoms with E-state index in [2.05, 4.69) is 9.97 Å². The average molecular weight is 381 g/mol. The van der Waals surface area contributed by atoms with Gasteiger partial charge in [-0.05, 0) is 6.07 Å². The summed E-state index contributed by atoms with van der Waals surface area (Å²) in [6, 6.07) is 1.31. The van der Waals surface area contributed by atoms with E-state index in [-0.39, 0.29) is 18.1 Å². The fraction of sp³-hybridized carbons (Fsp3) is 0.500. The van der Waals surface area contributed by atoms with Crippen LogP contribution in [0.1, 0.15) is 43.2 Å². The van der Waals surface area contributed by atoms with Crippen molar-refractivity contribution in [1.29, 1.82) is 0 Å². The number of carbonyl (C=O) groups is 4. The molecule has 0 aromatic carbocycles. The number of nitrogens with two attached hydrogens (primary N) is 1. The Balaban J connectivity index is 2.39. The fourth-order valence-electron chi connectivity index (χ4n) is 2.57. The van der Waals surface area contributed by atoms with Crippen LogP contribution in [0.3, 0.4) is 0 Å². The number of aromatic nitrogens is 2. The Labute approximate surface area is 154 Å². The lowest BCUT2D eigenvalue weighted by Crippen LogP contribution is -2.40. The van der Waals surface area contributed by atoms with Crippen LogP contribution in [0.2, 0.25) is 0 Å². The van der Waals surface area contributed by atoms with Crippen molar-refractivity contribution in [3.63, 3.8) is 0 Å². The Morgan fingerprint density at radius 3 is 2.26 bits per heavy atom. The summed E-state index contributed by atoms with van der Waals surface area (Å²) in [7, 11) is 0. The molecule has 2 heterocycles. The van der Waals surface area contributed by atoms with Gasteiger partial charge in [-0.25, -0.2) is 9.97 Å². The van der Waals surface area contributed by atoms with Gasteiger partial charge in [0.25, 0.3) is 5.91 Å². The predicted octanol–water partition coefficient (Wildman–Crippen LogP) is -0.558. The van der Waals surface area contributed by atoms with Crippen molar-refractivity contribution in [3.8, 4) is 0 Å². The maximum Gasteiger partial charge on any atom is 0.303 e. The van der Waals surface area contributed by atoms with Crippen molar-refractivity contribution in [2.24, 2.45) is 5.73 Å². The Morgan fingerprint density at radius 2 is 1.70 bits per heavy atom. The first kappa shape index (κ1) is 20.2. The van der Waals surface area contributed by atoms with Crippen molar-refractivity contribution in [2.75, 3.05) is 6.61 Å². The van der Waals surface area contributed by atoms with Crippen molar-refractivity contribution < 1.29 is 38.1 Å². The van der Waals surface area contributed by atoms with Crippen LogP contribution < -0.4 is 5.73 Å². The van der Waals surface area contributed by atoms with Crippen molar-refractivity contribution in [1.82, 2.24) is 9.97 Å². The smallest absolute Gasteiger partial charge is 0.303 e. The largest absolute Gasteiger partial charge is 0.463 e. The van der Waals surface area contributed by atoms with Crippen molar-refractivity contribution in [3.05, 3.63) is 23.8 Å². The summed E-state index contributed by atoms with van der Waals surface area (Å²) in [4.78, 5) is 53.5. The van der Waals surface area contributed by atoms with Crippen LogP contribution in [0.25, 0.3) is 0 Å². The number of hydrogen-bond donors (Lipinski definition) is 1. The van der Waals surface area contributed by atoms with Gasteiger partial charge in [-0.15, -0.1) is 0 Å². The summed E-state index contributed by atoms with van der Waals surface area (Å²) in [6.07, 6.45) is -2.91. The van der Waals surface area contributed by atoms with Gasteiger partial charge in [0.2, 0.25) is 0 Å². The zero-order valence-corrected chi connectivity index (χ0v) is 14.9. The Bertz CT molecular complexity index is 753. The van der Waals surface area contributed by atoms with Crippen LogP contribution in [0, 0.1) is 0 Å². The molecule has 1 aliphatic heterocycles. The maximum atomic E-state index is 11.5. The molecule has 0 bridgehead atoms. The topological polar surface area (TPSA) is 157 Å². The minimum Gasteiger partial charge on any atom is -0.463 e. The first-order chi connectivity index (χ1) is 12.7. The van der Waals surface area contributed by atoms with Crippen LogP contribution in [0.15, 0.2) is 12.3 Å². The Morgan fingerprint density at radius 1 is 1.07 bits per heavy atom. The zero-order chi connectivity index (χ0) is 20.1. The molecule has 0 saturated carbocycles. The number of carbonyl (C=O) groups excluding carboxylic acids is 4. The normalized spacial score (nSPS) is 24.1. The molecule has 1 aromatic heterocycles. The highest BCUT2D eigenvalue weighted by atomic mass is 16.6. The third-order valence-corrected chi connectivity index (χ3v) is 3.55. The van der Waals surface area contributed by atoms with E-state index in [1.807, 2.05) is 0 Å². The summed E-state index contributed by atoms with van der Waals surface area (Å²) in [5.74, 6) is -2.67. The van der Waals surface area contributed by atoms with Gasteiger partial charge in [0.1, 0.15) is 18.4 Å². The molecule has 2 rings (SSSR count). The van der Waals surface area contributed by atoms with E-state index in [0.29, 0.717) is 0 Å². The van der Waals surface area contributed by atoms with Crippen LogP contribution in [-0.4, -0.2) is 58.7 Å². The maximum absolute atomic E-state index is 11.5. The van der Waals surface area contributed by atoms with Crippen molar-refractivity contribution >= 4 is 23.8 Å². The standard InChI is InChI=1S/C16H19N3O8/c1-7(20)24-6-11-12(25-8(2)21)13(26-9(3)22)14(27-11)16-18-5-4-10(19-16)15(17)23/h4-5,11-14H,6H2,1-3H3,(H2,17,23)/t11-,12-,13-,14-/m1/s1. The molecule has 0 aliphatic carbocycles. The summed E-state index contributed by atoms with van der Waals surface area (Å²) in [6.45, 7) is 3.29. The Hall–Kier alpha value is -3.08. The molecule has 1 saturated heterocycles.